The van der Waals surface area contributed by atoms with E-state index in [9.17, 15) is 14.7 Å². The number of amides is 1. The number of aryl methyl sites for hydroxylation is 3. The highest BCUT2D eigenvalue weighted by Crippen LogP contribution is 2.40. The van der Waals surface area contributed by atoms with Crippen LogP contribution in [0.25, 0.3) is 0 Å². The number of carboxylic acids is 1. The minimum Gasteiger partial charge on any atom is -0.481 e. The van der Waals surface area contributed by atoms with Crippen LogP contribution in [-0.4, -0.2) is 29.2 Å². The molecule has 116 valence electrons. The fraction of sp³-hybridized carbons (Fsp3) is 0.412. The number of anilines is 1. The first-order valence-electron chi connectivity index (χ1n) is 7.34. The molecule has 1 amide bonds. The molecule has 0 aliphatic carbocycles. The third-order valence-corrected chi connectivity index (χ3v) is 4.41. The Balaban J connectivity index is 1.86. The van der Waals surface area contributed by atoms with Crippen LogP contribution in [0, 0.1) is 32.6 Å². The van der Waals surface area contributed by atoms with Gasteiger partial charge in [0.2, 0.25) is 5.91 Å². The topological polar surface area (TPSA) is 75.6 Å². The molecule has 0 radical (unpaired) electrons. The summed E-state index contributed by atoms with van der Waals surface area (Å²) in [6.45, 7) is 5.86. The fourth-order valence-corrected chi connectivity index (χ4v) is 3.50. The lowest BCUT2D eigenvalue weighted by Gasteiger charge is -2.22. The van der Waals surface area contributed by atoms with Crippen molar-refractivity contribution >= 4 is 17.6 Å². The van der Waals surface area contributed by atoms with Crippen molar-refractivity contribution in [3.63, 3.8) is 0 Å². The molecule has 0 unspecified atom stereocenters. The van der Waals surface area contributed by atoms with Gasteiger partial charge in [0.05, 0.1) is 18.1 Å². The molecule has 2 aliphatic rings. The van der Waals surface area contributed by atoms with E-state index >= 15 is 0 Å². The first-order valence-corrected chi connectivity index (χ1v) is 7.34. The van der Waals surface area contributed by atoms with E-state index in [1.165, 1.54) is 0 Å². The number of carboxylic acid groups (broad SMARTS) is 1. The normalized spacial score (nSPS) is 28.9. The van der Waals surface area contributed by atoms with Gasteiger partial charge in [-0.05, 0) is 31.9 Å². The Morgan fingerprint density at radius 2 is 1.59 bits per heavy atom. The van der Waals surface area contributed by atoms with Gasteiger partial charge in [-0.3, -0.25) is 9.59 Å². The highest BCUT2D eigenvalue weighted by Gasteiger charge is 2.53. The molecule has 0 saturated carbocycles. The van der Waals surface area contributed by atoms with E-state index in [4.69, 9.17) is 4.74 Å². The zero-order valence-electron chi connectivity index (χ0n) is 12.8. The third kappa shape index (κ3) is 2.31. The number of carbonyl (C=O) groups excluding carboxylic acids is 1. The van der Waals surface area contributed by atoms with Crippen LogP contribution in [-0.2, 0) is 14.3 Å². The number of nitrogens with one attached hydrogen (secondary N) is 1. The lowest BCUT2D eigenvalue weighted by molar-refractivity contribution is -0.145. The SMILES string of the molecule is Cc1cc(C)c(NC(=O)[C@@H]2[C@H](C(=O)O)[C@H]3C=C[C@H]2O3)c(C)c1. The largest absolute Gasteiger partial charge is 0.481 e. The summed E-state index contributed by atoms with van der Waals surface area (Å²) in [6.07, 6.45) is 2.56. The van der Waals surface area contributed by atoms with E-state index in [2.05, 4.69) is 5.32 Å². The number of carbonyl (C=O) groups is 2. The monoisotopic (exact) mass is 301 g/mol. The second kappa shape index (κ2) is 5.25. The van der Waals surface area contributed by atoms with Crippen molar-refractivity contribution < 1.29 is 19.4 Å². The van der Waals surface area contributed by atoms with Gasteiger partial charge in [0.25, 0.3) is 0 Å². The Hall–Kier alpha value is -2.14. The van der Waals surface area contributed by atoms with Gasteiger partial charge in [-0.25, -0.2) is 0 Å². The zero-order chi connectivity index (χ0) is 16.0. The van der Waals surface area contributed by atoms with Crippen LogP contribution in [0.2, 0.25) is 0 Å². The molecule has 22 heavy (non-hydrogen) atoms. The Bertz CT molecular complexity index is 656. The summed E-state index contributed by atoms with van der Waals surface area (Å²) < 4.78 is 5.54. The summed E-state index contributed by atoms with van der Waals surface area (Å²) in [5.41, 5.74) is 3.82. The minimum atomic E-state index is -0.991. The van der Waals surface area contributed by atoms with Gasteiger partial charge in [0.1, 0.15) is 5.92 Å². The van der Waals surface area contributed by atoms with Crippen LogP contribution in [0.1, 0.15) is 16.7 Å². The minimum absolute atomic E-state index is 0.292. The quantitative estimate of drug-likeness (QED) is 0.839. The van der Waals surface area contributed by atoms with E-state index in [0.29, 0.717) is 0 Å². The number of fused-ring (bicyclic) bond motifs is 2. The van der Waals surface area contributed by atoms with Crippen molar-refractivity contribution in [2.24, 2.45) is 11.8 Å². The summed E-state index contributed by atoms with van der Waals surface area (Å²) >= 11 is 0. The van der Waals surface area contributed by atoms with Crippen molar-refractivity contribution in [2.75, 3.05) is 5.32 Å². The van der Waals surface area contributed by atoms with E-state index in [0.717, 1.165) is 22.4 Å². The molecular formula is C17H19NO4. The molecule has 5 heteroatoms. The van der Waals surface area contributed by atoms with Crippen molar-refractivity contribution in [1.82, 2.24) is 0 Å². The number of rotatable bonds is 3. The third-order valence-electron chi connectivity index (χ3n) is 4.41. The Labute approximate surface area is 129 Å². The van der Waals surface area contributed by atoms with Crippen molar-refractivity contribution in [1.29, 1.82) is 0 Å². The second-order valence-electron chi connectivity index (χ2n) is 6.10. The molecule has 2 aliphatic heterocycles. The van der Waals surface area contributed by atoms with E-state index in [-0.39, 0.29) is 5.91 Å². The first kappa shape index (κ1) is 14.8. The Morgan fingerprint density at radius 3 is 2.14 bits per heavy atom. The molecule has 0 aromatic heterocycles. The van der Waals surface area contributed by atoms with Crippen molar-refractivity contribution in [3.05, 3.63) is 41.0 Å². The summed E-state index contributed by atoms with van der Waals surface area (Å²) in [6, 6.07) is 3.99. The molecule has 2 bridgehead atoms. The molecule has 1 fully saturated rings. The van der Waals surface area contributed by atoms with Gasteiger partial charge in [-0.2, -0.15) is 0 Å². The molecule has 2 N–H and O–H groups in total. The summed E-state index contributed by atoms with van der Waals surface area (Å²) in [5, 5.41) is 12.3. The van der Waals surface area contributed by atoms with Crippen LogP contribution < -0.4 is 5.32 Å². The molecule has 2 heterocycles. The fourth-order valence-electron chi connectivity index (χ4n) is 3.50. The zero-order valence-corrected chi connectivity index (χ0v) is 12.8. The standard InChI is InChI=1S/C17H19NO4/c1-8-6-9(2)15(10(3)7-8)18-16(19)13-11-4-5-12(22-11)14(13)17(20)21/h4-7,11-14H,1-3H3,(H,18,19)(H,20,21)/t11-,12-,13+,14-/m1/s1. The summed E-state index contributed by atoms with van der Waals surface area (Å²) in [7, 11) is 0. The maximum absolute atomic E-state index is 12.6. The Kier molecular flexibility index (Phi) is 3.53. The highest BCUT2D eigenvalue weighted by molar-refractivity contribution is 5.97. The van der Waals surface area contributed by atoms with Crippen molar-refractivity contribution in [2.45, 2.75) is 33.0 Å². The van der Waals surface area contributed by atoms with Crippen LogP contribution in [0.15, 0.2) is 24.3 Å². The molecule has 1 aromatic carbocycles. The van der Waals surface area contributed by atoms with Crippen LogP contribution >= 0.6 is 0 Å². The van der Waals surface area contributed by atoms with Crippen LogP contribution in [0.3, 0.4) is 0 Å². The number of benzene rings is 1. The summed E-state index contributed by atoms with van der Waals surface area (Å²) in [5.74, 6) is -2.79. The predicted octanol–water partition coefficient (Wildman–Crippen LogP) is 2.20. The number of hydrogen-bond acceptors (Lipinski definition) is 3. The molecule has 1 saturated heterocycles. The number of ether oxygens (including phenoxy) is 1. The predicted molar refractivity (Wildman–Crippen MR) is 81.7 cm³/mol. The maximum Gasteiger partial charge on any atom is 0.310 e. The second-order valence-corrected chi connectivity index (χ2v) is 6.10. The number of hydrogen-bond donors (Lipinski definition) is 2. The van der Waals surface area contributed by atoms with Gasteiger partial charge in [0.15, 0.2) is 0 Å². The van der Waals surface area contributed by atoms with Gasteiger partial charge < -0.3 is 15.2 Å². The molecular weight excluding hydrogens is 282 g/mol. The smallest absolute Gasteiger partial charge is 0.310 e. The van der Waals surface area contributed by atoms with Crippen molar-refractivity contribution in [3.8, 4) is 0 Å². The molecule has 0 spiro atoms. The van der Waals surface area contributed by atoms with Gasteiger partial charge in [-0.15, -0.1) is 0 Å². The van der Waals surface area contributed by atoms with E-state index in [1.807, 2.05) is 32.9 Å². The first-order chi connectivity index (χ1) is 10.4. The number of aliphatic carboxylic acids is 1. The average Bonchev–Trinajstić information content (AvgIpc) is 3.02. The molecule has 3 rings (SSSR count). The van der Waals surface area contributed by atoms with E-state index < -0.39 is 30.0 Å². The van der Waals surface area contributed by atoms with Gasteiger partial charge in [-0.1, -0.05) is 29.8 Å². The molecule has 5 nitrogen and oxygen atoms in total. The molecule has 4 atom stereocenters. The van der Waals surface area contributed by atoms with Gasteiger partial charge in [0, 0.05) is 5.69 Å². The lowest BCUT2D eigenvalue weighted by atomic mass is 9.82. The average molecular weight is 301 g/mol. The highest BCUT2D eigenvalue weighted by atomic mass is 16.5. The van der Waals surface area contributed by atoms with Gasteiger partial charge >= 0.3 is 5.97 Å². The van der Waals surface area contributed by atoms with E-state index in [1.54, 1.807) is 12.2 Å². The lowest BCUT2D eigenvalue weighted by Crippen LogP contribution is -2.39. The Morgan fingerprint density at radius 1 is 1.05 bits per heavy atom. The van der Waals surface area contributed by atoms with Crippen LogP contribution in [0.4, 0.5) is 5.69 Å². The molecule has 1 aromatic rings. The van der Waals surface area contributed by atoms with Crippen LogP contribution in [0.5, 0.6) is 0 Å². The maximum atomic E-state index is 12.6. The summed E-state index contributed by atoms with van der Waals surface area (Å²) in [4.78, 5) is 24.1.